The largest absolute Gasteiger partial charge is 0.355 e. The Hall–Kier alpha value is -2.38. The number of amides is 2. The summed E-state index contributed by atoms with van der Waals surface area (Å²) in [6.45, 7) is 6.35. The number of piperazine rings is 1. The van der Waals surface area contributed by atoms with Crippen LogP contribution in [0.5, 0.6) is 0 Å². The number of rotatable bonds is 8. The number of unbranched alkanes of at least 4 members (excludes halogenated alkanes) is 1. The van der Waals surface area contributed by atoms with Crippen molar-refractivity contribution < 1.29 is 9.59 Å². The molecule has 0 unspecified atom stereocenters. The zero-order valence-corrected chi connectivity index (χ0v) is 17.6. The summed E-state index contributed by atoms with van der Waals surface area (Å²) in [5.74, 6) is 0.0292. The van der Waals surface area contributed by atoms with E-state index in [4.69, 9.17) is 11.6 Å². The highest BCUT2D eigenvalue weighted by Crippen LogP contribution is 2.16. The van der Waals surface area contributed by atoms with E-state index in [0.717, 1.165) is 24.9 Å². The van der Waals surface area contributed by atoms with Crippen LogP contribution in [-0.4, -0.2) is 70.7 Å². The standard InChI is InChI=1S/C21H28ClN5O2/c1-2-3-8-23-20(28)16-25-9-11-26(12-10-25)21(29)18-13-24-27(15-18)14-17-6-4-5-7-19(17)22/h4-7,13,15H,2-3,8-12,14,16H2,1H3,(H,23,28). The van der Waals surface area contributed by atoms with E-state index in [-0.39, 0.29) is 11.8 Å². The lowest BCUT2D eigenvalue weighted by Crippen LogP contribution is -2.51. The smallest absolute Gasteiger partial charge is 0.257 e. The Morgan fingerprint density at radius 3 is 2.66 bits per heavy atom. The van der Waals surface area contributed by atoms with Gasteiger partial charge in [0, 0.05) is 43.9 Å². The third-order valence-electron chi connectivity index (χ3n) is 5.05. The highest BCUT2D eigenvalue weighted by Gasteiger charge is 2.24. The van der Waals surface area contributed by atoms with Crippen molar-refractivity contribution in [2.75, 3.05) is 39.3 Å². The van der Waals surface area contributed by atoms with Gasteiger partial charge in [0.2, 0.25) is 5.91 Å². The van der Waals surface area contributed by atoms with E-state index in [1.807, 2.05) is 29.2 Å². The molecular weight excluding hydrogens is 390 g/mol. The summed E-state index contributed by atoms with van der Waals surface area (Å²) in [6.07, 6.45) is 5.43. The first-order chi connectivity index (χ1) is 14.1. The summed E-state index contributed by atoms with van der Waals surface area (Å²) in [6, 6.07) is 7.61. The summed E-state index contributed by atoms with van der Waals surface area (Å²) in [4.78, 5) is 28.6. The van der Waals surface area contributed by atoms with Crippen LogP contribution in [0.3, 0.4) is 0 Å². The number of hydrogen-bond donors (Lipinski definition) is 1. The minimum Gasteiger partial charge on any atom is -0.355 e. The minimum atomic E-state index is -0.0255. The van der Waals surface area contributed by atoms with Crippen LogP contribution in [0, 0.1) is 0 Å². The molecule has 1 saturated heterocycles. The van der Waals surface area contributed by atoms with Crippen LogP contribution in [0.2, 0.25) is 5.02 Å². The summed E-state index contributed by atoms with van der Waals surface area (Å²) < 4.78 is 1.73. The summed E-state index contributed by atoms with van der Waals surface area (Å²) in [7, 11) is 0. The lowest BCUT2D eigenvalue weighted by Gasteiger charge is -2.34. The van der Waals surface area contributed by atoms with Crippen LogP contribution in [-0.2, 0) is 11.3 Å². The van der Waals surface area contributed by atoms with Crippen LogP contribution in [0.1, 0.15) is 35.7 Å². The molecule has 0 atom stereocenters. The zero-order chi connectivity index (χ0) is 20.6. The predicted molar refractivity (Wildman–Crippen MR) is 113 cm³/mol. The molecule has 2 aromatic rings. The van der Waals surface area contributed by atoms with Gasteiger partial charge in [-0.15, -0.1) is 0 Å². The first kappa shape index (κ1) is 21.3. The predicted octanol–water partition coefficient (Wildman–Crippen LogP) is 2.26. The number of halogens is 1. The quantitative estimate of drug-likeness (QED) is 0.669. The van der Waals surface area contributed by atoms with Gasteiger partial charge in [0.15, 0.2) is 0 Å². The molecule has 0 radical (unpaired) electrons. The Morgan fingerprint density at radius 1 is 1.17 bits per heavy atom. The molecule has 2 heterocycles. The summed E-state index contributed by atoms with van der Waals surface area (Å²) in [5, 5.41) is 7.93. The highest BCUT2D eigenvalue weighted by molar-refractivity contribution is 6.31. The molecule has 2 amide bonds. The van der Waals surface area contributed by atoms with Crippen LogP contribution in [0.4, 0.5) is 0 Å². The van der Waals surface area contributed by atoms with Crippen molar-refractivity contribution in [3.8, 4) is 0 Å². The SMILES string of the molecule is CCCCNC(=O)CN1CCN(C(=O)c2cnn(Cc3ccccc3Cl)c2)CC1. The maximum absolute atomic E-state index is 12.8. The molecule has 1 aromatic carbocycles. The van der Waals surface area contributed by atoms with E-state index in [2.05, 4.69) is 22.2 Å². The Balaban J connectivity index is 1.48. The van der Waals surface area contributed by atoms with Gasteiger partial charge in [-0.25, -0.2) is 0 Å². The van der Waals surface area contributed by atoms with E-state index >= 15 is 0 Å². The average Bonchev–Trinajstić information content (AvgIpc) is 3.18. The van der Waals surface area contributed by atoms with Gasteiger partial charge in [-0.1, -0.05) is 43.1 Å². The monoisotopic (exact) mass is 417 g/mol. The fourth-order valence-electron chi connectivity index (χ4n) is 3.32. The minimum absolute atomic E-state index is 0.0255. The van der Waals surface area contributed by atoms with Gasteiger partial charge in [0.1, 0.15) is 0 Å². The molecule has 0 spiro atoms. The van der Waals surface area contributed by atoms with Crippen molar-refractivity contribution in [2.24, 2.45) is 0 Å². The Labute approximate surface area is 176 Å². The number of benzene rings is 1. The van der Waals surface area contributed by atoms with Crippen LogP contribution >= 0.6 is 11.6 Å². The lowest BCUT2D eigenvalue weighted by molar-refractivity contribution is -0.122. The normalized spacial score (nSPS) is 14.8. The van der Waals surface area contributed by atoms with Gasteiger partial charge in [-0.05, 0) is 18.1 Å². The van der Waals surface area contributed by atoms with Crippen molar-refractivity contribution in [2.45, 2.75) is 26.3 Å². The van der Waals surface area contributed by atoms with E-state index in [0.29, 0.717) is 49.9 Å². The Bertz CT molecular complexity index is 830. The number of nitrogens with one attached hydrogen (secondary N) is 1. The first-order valence-corrected chi connectivity index (χ1v) is 10.5. The number of nitrogens with zero attached hydrogens (tertiary/aromatic N) is 4. The van der Waals surface area contributed by atoms with Crippen molar-refractivity contribution in [1.29, 1.82) is 0 Å². The van der Waals surface area contributed by atoms with Crippen molar-refractivity contribution in [1.82, 2.24) is 24.9 Å². The van der Waals surface area contributed by atoms with Gasteiger partial charge in [-0.3, -0.25) is 19.2 Å². The fourth-order valence-corrected chi connectivity index (χ4v) is 3.51. The molecular formula is C21H28ClN5O2. The molecule has 7 nitrogen and oxygen atoms in total. The molecule has 0 saturated carbocycles. The molecule has 1 aromatic heterocycles. The topological polar surface area (TPSA) is 70.5 Å². The first-order valence-electron chi connectivity index (χ1n) is 10.1. The van der Waals surface area contributed by atoms with Gasteiger partial charge in [0.05, 0.1) is 24.8 Å². The third-order valence-corrected chi connectivity index (χ3v) is 5.42. The van der Waals surface area contributed by atoms with Gasteiger partial charge >= 0.3 is 0 Å². The van der Waals surface area contributed by atoms with Crippen molar-refractivity contribution in [3.05, 3.63) is 52.8 Å². The van der Waals surface area contributed by atoms with Gasteiger partial charge in [-0.2, -0.15) is 5.10 Å². The van der Waals surface area contributed by atoms with Crippen molar-refractivity contribution >= 4 is 23.4 Å². The second kappa shape index (κ2) is 10.4. The second-order valence-electron chi connectivity index (χ2n) is 7.29. The maximum atomic E-state index is 12.8. The number of carbonyl (C=O) groups excluding carboxylic acids is 2. The second-order valence-corrected chi connectivity index (χ2v) is 7.70. The van der Waals surface area contributed by atoms with E-state index in [1.54, 1.807) is 17.1 Å². The van der Waals surface area contributed by atoms with Crippen LogP contribution in [0.25, 0.3) is 0 Å². The van der Waals surface area contributed by atoms with E-state index < -0.39 is 0 Å². The Kier molecular flexibility index (Phi) is 7.66. The molecule has 1 aliphatic rings. The molecule has 3 rings (SSSR count). The highest BCUT2D eigenvalue weighted by atomic mass is 35.5. The fraction of sp³-hybridized carbons (Fsp3) is 0.476. The molecule has 0 bridgehead atoms. The van der Waals surface area contributed by atoms with E-state index in [1.165, 1.54) is 0 Å². The van der Waals surface area contributed by atoms with Gasteiger partial charge in [0.25, 0.3) is 5.91 Å². The van der Waals surface area contributed by atoms with Crippen molar-refractivity contribution in [3.63, 3.8) is 0 Å². The Morgan fingerprint density at radius 2 is 1.93 bits per heavy atom. The van der Waals surface area contributed by atoms with Gasteiger partial charge < -0.3 is 10.2 Å². The molecule has 156 valence electrons. The number of carbonyl (C=O) groups is 2. The average molecular weight is 418 g/mol. The third kappa shape index (κ3) is 6.05. The summed E-state index contributed by atoms with van der Waals surface area (Å²) in [5.41, 5.74) is 1.53. The number of aromatic nitrogens is 2. The molecule has 1 fully saturated rings. The van der Waals surface area contributed by atoms with Crippen LogP contribution < -0.4 is 5.32 Å². The zero-order valence-electron chi connectivity index (χ0n) is 16.8. The molecule has 0 aliphatic carbocycles. The molecule has 8 heteroatoms. The lowest BCUT2D eigenvalue weighted by atomic mass is 10.2. The number of hydrogen-bond acceptors (Lipinski definition) is 4. The molecule has 1 N–H and O–H groups in total. The van der Waals surface area contributed by atoms with Crippen LogP contribution in [0.15, 0.2) is 36.7 Å². The molecule has 29 heavy (non-hydrogen) atoms. The van der Waals surface area contributed by atoms with E-state index in [9.17, 15) is 9.59 Å². The maximum Gasteiger partial charge on any atom is 0.257 e. The summed E-state index contributed by atoms with van der Waals surface area (Å²) >= 11 is 6.20. The molecule has 1 aliphatic heterocycles.